The minimum Gasteiger partial charge on any atom is -0.490 e. The minimum atomic E-state index is -0.0282. The fraction of sp³-hybridized carbons (Fsp3) is 0.480. The van der Waals surface area contributed by atoms with Crippen molar-refractivity contribution < 1.29 is 19.0 Å². The fourth-order valence-electron chi connectivity index (χ4n) is 3.79. The maximum Gasteiger partial charge on any atom is 0.217 e. The van der Waals surface area contributed by atoms with Crippen molar-refractivity contribution in [1.82, 2.24) is 5.32 Å². The number of carbonyl (C=O) groups is 1. The summed E-state index contributed by atoms with van der Waals surface area (Å²) in [7, 11) is 0. The Labute approximate surface area is 183 Å². The number of hydrogen-bond donors (Lipinski definition) is 1. The van der Waals surface area contributed by atoms with Crippen molar-refractivity contribution in [2.24, 2.45) is 0 Å². The predicted octanol–water partition coefficient (Wildman–Crippen LogP) is 4.23. The van der Waals surface area contributed by atoms with Gasteiger partial charge in [-0.05, 0) is 62.4 Å². The number of carbonyl (C=O) groups excluding carboxylic acids is 1. The quantitative estimate of drug-likeness (QED) is 0.655. The van der Waals surface area contributed by atoms with Crippen molar-refractivity contribution in [3.63, 3.8) is 0 Å². The second-order valence-electron chi connectivity index (χ2n) is 8.90. The molecule has 0 radical (unpaired) electrons. The molecule has 6 heteroatoms. The largest absolute Gasteiger partial charge is 0.490 e. The first-order valence-electron chi connectivity index (χ1n) is 11.3. The number of hydrogen-bond acceptors (Lipinski definition) is 5. The molecule has 1 amide bonds. The van der Waals surface area contributed by atoms with Crippen LogP contribution in [0.25, 0.3) is 0 Å². The number of anilines is 1. The summed E-state index contributed by atoms with van der Waals surface area (Å²) in [4.78, 5) is 13.5. The van der Waals surface area contributed by atoms with E-state index in [4.69, 9.17) is 14.2 Å². The molecule has 2 aromatic carbocycles. The van der Waals surface area contributed by atoms with Crippen LogP contribution in [0.1, 0.15) is 51.1 Å². The minimum absolute atomic E-state index is 0.0116. The molecule has 0 bridgehead atoms. The molecule has 2 saturated carbocycles. The van der Waals surface area contributed by atoms with Gasteiger partial charge in [-0.25, -0.2) is 0 Å². The summed E-state index contributed by atoms with van der Waals surface area (Å²) in [5, 5.41) is 2.90. The van der Waals surface area contributed by atoms with Crippen molar-refractivity contribution >= 4 is 11.6 Å². The summed E-state index contributed by atoms with van der Waals surface area (Å²) in [6.45, 7) is 5.16. The van der Waals surface area contributed by atoms with E-state index in [0.717, 1.165) is 67.3 Å². The van der Waals surface area contributed by atoms with Gasteiger partial charge in [-0.15, -0.1) is 0 Å². The Morgan fingerprint density at radius 1 is 0.903 bits per heavy atom. The Morgan fingerprint density at radius 2 is 1.52 bits per heavy atom. The summed E-state index contributed by atoms with van der Waals surface area (Å²) >= 11 is 0. The Bertz CT molecular complexity index is 931. The molecule has 3 fully saturated rings. The highest BCUT2D eigenvalue weighted by molar-refractivity contribution is 5.73. The van der Waals surface area contributed by atoms with E-state index in [1.807, 2.05) is 31.2 Å². The van der Waals surface area contributed by atoms with Crippen LogP contribution in [0.15, 0.2) is 42.5 Å². The standard InChI is InChI=1S/C25H30N2O4/c1-16(26-17(2)28)18-3-5-19(6-4-18)30-23-14-27(15-23)24-12-11-22(29-20-7-8-20)13-25(24)31-21-9-10-21/h3-6,11-13,16,20-21,23H,7-10,14-15H2,1-2H3,(H,26,28)/t16-/m0/s1. The van der Waals surface area contributed by atoms with Gasteiger partial charge >= 0.3 is 0 Å². The van der Waals surface area contributed by atoms with Crippen molar-refractivity contribution in [3.05, 3.63) is 48.0 Å². The van der Waals surface area contributed by atoms with Crippen LogP contribution in [0.3, 0.4) is 0 Å². The van der Waals surface area contributed by atoms with Gasteiger partial charge in [0.25, 0.3) is 0 Å². The molecule has 2 aliphatic carbocycles. The summed E-state index contributed by atoms with van der Waals surface area (Å²) in [5.41, 5.74) is 2.18. The zero-order valence-electron chi connectivity index (χ0n) is 18.2. The first kappa shape index (κ1) is 20.0. The fourth-order valence-corrected chi connectivity index (χ4v) is 3.79. The van der Waals surface area contributed by atoms with Crippen LogP contribution in [-0.2, 0) is 4.79 Å². The molecule has 6 nitrogen and oxygen atoms in total. The molecule has 2 aromatic rings. The van der Waals surface area contributed by atoms with E-state index < -0.39 is 0 Å². The Morgan fingerprint density at radius 3 is 2.16 bits per heavy atom. The zero-order chi connectivity index (χ0) is 21.4. The SMILES string of the molecule is CC(=O)N[C@@H](C)c1ccc(OC2CN(c3ccc(OC4CC4)cc3OC3CC3)C2)cc1. The van der Waals surface area contributed by atoms with Crippen LogP contribution >= 0.6 is 0 Å². The van der Waals surface area contributed by atoms with Gasteiger partial charge in [-0.1, -0.05) is 12.1 Å². The van der Waals surface area contributed by atoms with Gasteiger partial charge in [0.15, 0.2) is 0 Å². The van der Waals surface area contributed by atoms with Crippen LogP contribution in [0.2, 0.25) is 0 Å². The third-order valence-electron chi connectivity index (χ3n) is 5.87. The number of ether oxygens (including phenoxy) is 3. The third-order valence-corrected chi connectivity index (χ3v) is 5.87. The van der Waals surface area contributed by atoms with Crippen LogP contribution in [0, 0.1) is 0 Å². The van der Waals surface area contributed by atoms with E-state index in [1.54, 1.807) is 0 Å². The van der Waals surface area contributed by atoms with E-state index in [1.165, 1.54) is 6.92 Å². The number of rotatable bonds is 9. The molecule has 0 unspecified atom stereocenters. The monoisotopic (exact) mass is 422 g/mol. The molecule has 1 atom stereocenters. The number of nitrogens with zero attached hydrogens (tertiary/aromatic N) is 1. The maximum atomic E-state index is 11.2. The molecule has 164 valence electrons. The summed E-state index contributed by atoms with van der Waals surface area (Å²) in [5.74, 6) is 2.66. The number of nitrogens with one attached hydrogen (secondary N) is 1. The molecular formula is C25H30N2O4. The van der Waals surface area contributed by atoms with Gasteiger partial charge in [0, 0.05) is 13.0 Å². The third kappa shape index (κ3) is 5.06. The Hall–Kier alpha value is -2.89. The topological polar surface area (TPSA) is 60.0 Å². The van der Waals surface area contributed by atoms with E-state index >= 15 is 0 Å². The van der Waals surface area contributed by atoms with Gasteiger partial charge in [0.1, 0.15) is 23.4 Å². The normalized spacial score (nSPS) is 19.4. The molecule has 31 heavy (non-hydrogen) atoms. The van der Waals surface area contributed by atoms with Crippen molar-refractivity contribution in [2.75, 3.05) is 18.0 Å². The Balaban J connectivity index is 1.18. The van der Waals surface area contributed by atoms with Crippen molar-refractivity contribution in [3.8, 4) is 17.2 Å². The lowest BCUT2D eigenvalue weighted by atomic mass is 10.1. The number of benzene rings is 2. The van der Waals surface area contributed by atoms with Crippen molar-refractivity contribution in [2.45, 2.75) is 63.9 Å². The maximum absolute atomic E-state index is 11.2. The number of amides is 1. The van der Waals surface area contributed by atoms with Gasteiger partial charge < -0.3 is 24.4 Å². The van der Waals surface area contributed by atoms with Crippen LogP contribution in [-0.4, -0.2) is 37.3 Å². The van der Waals surface area contributed by atoms with Crippen LogP contribution in [0.5, 0.6) is 17.2 Å². The molecule has 0 spiro atoms. The molecule has 1 N–H and O–H groups in total. The van der Waals surface area contributed by atoms with E-state index in [0.29, 0.717) is 12.2 Å². The lowest BCUT2D eigenvalue weighted by molar-refractivity contribution is -0.119. The summed E-state index contributed by atoms with van der Waals surface area (Å²) < 4.78 is 18.3. The van der Waals surface area contributed by atoms with E-state index in [-0.39, 0.29) is 18.1 Å². The molecule has 1 aliphatic heterocycles. The zero-order valence-corrected chi connectivity index (χ0v) is 18.2. The lowest BCUT2D eigenvalue weighted by Crippen LogP contribution is -2.54. The first-order valence-corrected chi connectivity index (χ1v) is 11.3. The second-order valence-corrected chi connectivity index (χ2v) is 8.90. The molecule has 5 rings (SSSR count). The Kier molecular flexibility index (Phi) is 5.38. The highest BCUT2D eigenvalue weighted by atomic mass is 16.5. The molecule has 1 saturated heterocycles. The average molecular weight is 423 g/mol. The van der Waals surface area contributed by atoms with Gasteiger partial charge in [-0.3, -0.25) is 4.79 Å². The molecule has 0 aromatic heterocycles. The van der Waals surface area contributed by atoms with Gasteiger partial charge in [0.2, 0.25) is 5.91 Å². The van der Waals surface area contributed by atoms with E-state index in [2.05, 4.69) is 28.4 Å². The highest BCUT2D eigenvalue weighted by Crippen LogP contribution is 2.40. The van der Waals surface area contributed by atoms with Crippen molar-refractivity contribution in [1.29, 1.82) is 0 Å². The van der Waals surface area contributed by atoms with Gasteiger partial charge in [0.05, 0.1) is 37.0 Å². The van der Waals surface area contributed by atoms with Crippen LogP contribution in [0.4, 0.5) is 5.69 Å². The van der Waals surface area contributed by atoms with Gasteiger partial charge in [-0.2, -0.15) is 0 Å². The molecule has 3 aliphatic rings. The lowest BCUT2D eigenvalue weighted by Gasteiger charge is -2.41. The average Bonchev–Trinajstić information content (AvgIpc) is 3.62. The highest BCUT2D eigenvalue weighted by Gasteiger charge is 2.33. The summed E-state index contributed by atoms with van der Waals surface area (Å²) in [6.07, 6.45) is 5.45. The van der Waals surface area contributed by atoms with E-state index in [9.17, 15) is 4.79 Å². The van der Waals surface area contributed by atoms with Crippen LogP contribution < -0.4 is 24.4 Å². The predicted molar refractivity (Wildman–Crippen MR) is 119 cm³/mol. The molecule has 1 heterocycles. The summed E-state index contributed by atoms with van der Waals surface area (Å²) in [6, 6.07) is 14.2. The molecular weight excluding hydrogens is 392 g/mol. The first-order chi connectivity index (χ1) is 15.0. The smallest absolute Gasteiger partial charge is 0.217 e. The second kappa shape index (κ2) is 8.33.